The summed E-state index contributed by atoms with van der Waals surface area (Å²) in [7, 11) is 0. The lowest BCUT2D eigenvalue weighted by Crippen LogP contribution is -1.96. The molecule has 0 saturated carbocycles. The summed E-state index contributed by atoms with van der Waals surface area (Å²) in [5.74, 6) is 0. The van der Waals surface area contributed by atoms with Gasteiger partial charge in [-0.15, -0.1) is 6.58 Å². The van der Waals surface area contributed by atoms with E-state index in [0.717, 1.165) is 12.8 Å². The van der Waals surface area contributed by atoms with Gasteiger partial charge in [-0.2, -0.15) is 0 Å². The van der Waals surface area contributed by atoms with Crippen molar-refractivity contribution in [2.45, 2.75) is 32.6 Å². The molecule has 0 aliphatic rings. The maximum Gasteiger partial charge on any atom is -0.00973 e. The topological polar surface area (TPSA) is 0 Å². The molecular weight excluding hydrogens is 168 g/mol. The van der Waals surface area contributed by atoms with Gasteiger partial charge in [0.1, 0.15) is 0 Å². The van der Waals surface area contributed by atoms with E-state index >= 15 is 0 Å². The van der Waals surface area contributed by atoms with Gasteiger partial charge in [-0.25, -0.2) is 0 Å². The maximum absolute atomic E-state index is 4.08. The van der Waals surface area contributed by atoms with E-state index in [0.29, 0.717) is 0 Å². The van der Waals surface area contributed by atoms with Crippen LogP contribution < -0.4 is 0 Å². The Morgan fingerprint density at radius 2 is 2.14 bits per heavy atom. The molecule has 0 aliphatic heterocycles. The number of unbranched alkanes of at least 4 members (excludes halogenated alkanes) is 1. The van der Waals surface area contributed by atoms with Gasteiger partial charge in [0.15, 0.2) is 0 Å². The van der Waals surface area contributed by atoms with Crippen LogP contribution in [0.25, 0.3) is 0 Å². The molecule has 75 valence electrons. The minimum absolute atomic E-state index is 0.961. The second-order valence-electron chi connectivity index (χ2n) is 3.65. The van der Waals surface area contributed by atoms with Crippen LogP contribution in [0.1, 0.15) is 36.5 Å². The van der Waals surface area contributed by atoms with Crippen molar-refractivity contribution in [3.63, 3.8) is 0 Å². The van der Waals surface area contributed by atoms with Crippen LogP contribution in [0.4, 0.5) is 0 Å². The fraction of sp³-hybridized carbons (Fsp3) is 0.357. The van der Waals surface area contributed by atoms with Crippen molar-refractivity contribution in [2.75, 3.05) is 0 Å². The molecule has 0 spiro atoms. The minimum atomic E-state index is 0.961. The molecule has 0 N–H and O–H groups in total. The van der Waals surface area contributed by atoms with Gasteiger partial charge in [-0.05, 0) is 42.9 Å². The van der Waals surface area contributed by atoms with E-state index in [1.165, 1.54) is 29.5 Å². The normalized spacial score (nSPS) is 10.1. The Morgan fingerprint density at radius 1 is 1.36 bits per heavy atom. The third-order valence-corrected chi connectivity index (χ3v) is 2.51. The van der Waals surface area contributed by atoms with Crippen molar-refractivity contribution in [3.05, 3.63) is 54.5 Å². The summed E-state index contributed by atoms with van der Waals surface area (Å²) in [5, 5.41) is 0. The van der Waals surface area contributed by atoms with Crippen molar-refractivity contribution in [3.8, 4) is 0 Å². The first kappa shape index (κ1) is 11.0. The molecular formula is C14H19. The zero-order valence-electron chi connectivity index (χ0n) is 9.05. The molecule has 0 nitrogen and oxygen atoms in total. The number of benzene rings is 1. The largest absolute Gasteiger partial charge is 0.103 e. The van der Waals surface area contributed by atoms with Gasteiger partial charge in [0.05, 0.1) is 0 Å². The molecule has 0 atom stereocenters. The standard InChI is InChI=1S/C14H19/c1-4-6-11-14-12(3)9-7-10-13(14)8-5-2/h5,7,9-10H,2-4,6,8,11H2,1H3. The molecule has 0 aromatic heterocycles. The highest BCUT2D eigenvalue weighted by molar-refractivity contribution is 5.38. The molecule has 1 aromatic rings. The molecule has 1 aromatic carbocycles. The van der Waals surface area contributed by atoms with Gasteiger partial charge < -0.3 is 0 Å². The van der Waals surface area contributed by atoms with Crippen LogP contribution in [0.15, 0.2) is 30.9 Å². The fourth-order valence-corrected chi connectivity index (χ4v) is 1.71. The van der Waals surface area contributed by atoms with E-state index in [-0.39, 0.29) is 0 Å². The highest BCUT2D eigenvalue weighted by Gasteiger charge is 2.03. The third kappa shape index (κ3) is 2.73. The first-order chi connectivity index (χ1) is 6.79. The van der Waals surface area contributed by atoms with E-state index < -0.39 is 0 Å². The number of hydrogen-bond donors (Lipinski definition) is 0. The first-order valence-electron chi connectivity index (χ1n) is 5.33. The monoisotopic (exact) mass is 187 g/mol. The van der Waals surface area contributed by atoms with E-state index in [1.54, 1.807) is 0 Å². The Hall–Kier alpha value is -1.04. The molecule has 0 aliphatic carbocycles. The lowest BCUT2D eigenvalue weighted by Gasteiger charge is -2.10. The van der Waals surface area contributed by atoms with Crippen LogP contribution in [0.2, 0.25) is 0 Å². The summed E-state index contributed by atoms with van der Waals surface area (Å²) < 4.78 is 0. The van der Waals surface area contributed by atoms with Crippen molar-refractivity contribution in [2.24, 2.45) is 0 Å². The molecule has 0 amide bonds. The van der Waals surface area contributed by atoms with E-state index in [1.807, 2.05) is 6.08 Å². The zero-order chi connectivity index (χ0) is 10.4. The summed E-state index contributed by atoms with van der Waals surface area (Å²) in [6.07, 6.45) is 6.56. The Morgan fingerprint density at radius 3 is 2.79 bits per heavy atom. The smallest absolute Gasteiger partial charge is 0.00973 e. The predicted molar refractivity (Wildman–Crippen MR) is 63.4 cm³/mol. The van der Waals surface area contributed by atoms with E-state index in [2.05, 4.69) is 38.6 Å². The Kier molecular flexibility index (Phi) is 4.45. The Bertz CT molecular complexity index is 297. The predicted octanol–water partition coefficient (Wildman–Crippen LogP) is 3.94. The molecule has 0 heteroatoms. The number of rotatable bonds is 5. The summed E-state index contributed by atoms with van der Waals surface area (Å²) in [6, 6.07) is 6.36. The van der Waals surface area contributed by atoms with Gasteiger partial charge in [-0.3, -0.25) is 0 Å². The average Bonchev–Trinajstić information content (AvgIpc) is 2.18. The van der Waals surface area contributed by atoms with E-state index in [9.17, 15) is 0 Å². The van der Waals surface area contributed by atoms with Gasteiger partial charge in [-0.1, -0.05) is 37.6 Å². The first-order valence-corrected chi connectivity index (χ1v) is 5.33. The van der Waals surface area contributed by atoms with Crippen molar-refractivity contribution < 1.29 is 0 Å². The number of hydrogen-bond acceptors (Lipinski definition) is 0. The summed E-state index contributed by atoms with van der Waals surface area (Å²) in [4.78, 5) is 0. The molecule has 1 radical (unpaired) electrons. The third-order valence-electron chi connectivity index (χ3n) is 2.51. The van der Waals surface area contributed by atoms with Crippen LogP contribution in [0, 0.1) is 6.92 Å². The van der Waals surface area contributed by atoms with Crippen molar-refractivity contribution in [1.82, 2.24) is 0 Å². The minimum Gasteiger partial charge on any atom is -0.103 e. The molecule has 0 fully saturated rings. The quantitative estimate of drug-likeness (QED) is 0.612. The average molecular weight is 187 g/mol. The highest BCUT2D eigenvalue weighted by Crippen LogP contribution is 2.17. The molecule has 1 rings (SSSR count). The van der Waals surface area contributed by atoms with Gasteiger partial charge in [0.2, 0.25) is 0 Å². The van der Waals surface area contributed by atoms with Crippen LogP contribution in [0.3, 0.4) is 0 Å². The summed E-state index contributed by atoms with van der Waals surface area (Å²) in [6.45, 7) is 10.1. The maximum atomic E-state index is 4.08. The molecule has 0 bridgehead atoms. The van der Waals surface area contributed by atoms with Gasteiger partial charge in [0, 0.05) is 0 Å². The number of allylic oxidation sites excluding steroid dienone is 1. The van der Waals surface area contributed by atoms with E-state index in [4.69, 9.17) is 0 Å². The van der Waals surface area contributed by atoms with Crippen molar-refractivity contribution >= 4 is 0 Å². The van der Waals surface area contributed by atoms with Gasteiger partial charge in [0.25, 0.3) is 0 Å². The SMILES string of the molecule is [CH2]c1cccc(CC=C)c1CCCC. The molecule has 14 heavy (non-hydrogen) atoms. The lowest BCUT2D eigenvalue weighted by atomic mass is 9.95. The fourth-order valence-electron chi connectivity index (χ4n) is 1.71. The molecule has 0 heterocycles. The molecule has 0 saturated heterocycles. The zero-order valence-corrected chi connectivity index (χ0v) is 9.05. The van der Waals surface area contributed by atoms with Crippen LogP contribution in [0.5, 0.6) is 0 Å². The Labute approximate surface area is 87.7 Å². The van der Waals surface area contributed by atoms with Crippen LogP contribution in [-0.2, 0) is 12.8 Å². The summed E-state index contributed by atoms with van der Waals surface area (Å²) in [5.41, 5.74) is 3.99. The van der Waals surface area contributed by atoms with Crippen LogP contribution >= 0.6 is 0 Å². The molecule has 0 unspecified atom stereocenters. The van der Waals surface area contributed by atoms with Crippen LogP contribution in [-0.4, -0.2) is 0 Å². The summed E-state index contributed by atoms with van der Waals surface area (Å²) >= 11 is 0. The van der Waals surface area contributed by atoms with Crippen molar-refractivity contribution in [1.29, 1.82) is 0 Å². The van der Waals surface area contributed by atoms with Gasteiger partial charge >= 0.3 is 0 Å². The Balaban J connectivity index is 2.89. The second kappa shape index (κ2) is 5.64. The lowest BCUT2D eigenvalue weighted by molar-refractivity contribution is 0.787. The second-order valence-corrected chi connectivity index (χ2v) is 3.65. The highest BCUT2D eigenvalue weighted by atomic mass is 14.1.